The normalized spacial score (nSPS) is 37.2. The summed E-state index contributed by atoms with van der Waals surface area (Å²) in [5.74, 6) is 0.308. The van der Waals surface area contributed by atoms with Crippen LogP contribution in [0.25, 0.3) is 0 Å². The highest BCUT2D eigenvalue weighted by Gasteiger charge is 2.67. The minimum absolute atomic E-state index is 0.0209. The van der Waals surface area contributed by atoms with Gasteiger partial charge in [0.05, 0.1) is 29.3 Å². The van der Waals surface area contributed by atoms with Crippen molar-refractivity contribution in [2.75, 3.05) is 20.3 Å². The molecule has 0 heterocycles. The second-order valence-electron chi connectivity index (χ2n) is 10.7. The van der Waals surface area contributed by atoms with Crippen LogP contribution in [0.3, 0.4) is 0 Å². The van der Waals surface area contributed by atoms with Crippen molar-refractivity contribution in [3.63, 3.8) is 0 Å². The standard InChI is InChI=1S/C24H42O6/c1-8-21(5,6)20(25)30-24-12-19-10-22(15-24,28-17(3)13-26-7)14-23(11-19,16-24)29-18(4)27-9-2/h17-19H,8-16H2,1-7H3. The van der Waals surface area contributed by atoms with Crippen LogP contribution in [-0.2, 0) is 28.5 Å². The summed E-state index contributed by atoms with van der Waals surface area (Å²) in [5.41, 5.74) is -1.74. The highest BCUT2D eigenvalue weighted by molar-refractivity contribution is 5.76. The Bertz CT molecular complexity index is 587. The number of rotatable bonds is 11. The molecule has 30 heavy (non-hydrogen) atoms. The van der Waals surface area contributed by atoms with Gasteiger partial charge >= 0.3 is 5.97 Å². The van der Waals surface area contributed by atoms with Gasteiger partial charge in [0.15, 0.2) is 6.29 Å². The van der Waals surface area contributed by atoms with Gasteiger partial charge in [-0.1, -0.05) is 6.92 Å². The molecule has 4 aliphatic rings. The molecule has 174 valence electrons. The molecular formula is C24H42O6. The molecule has 4 saturated carbocycles. The fourth-order valence-electron chi connectivity index (χ4n) is 6.35. The number of carbonyl (C=O) groups is 1. The van der Waals surface area contributed by atoms with Crippen LogP contribution >= 0.6 is 0 Å². The molecule has 0 N–H and O–H groups in total. The van der Waals surface area contributed by atoms with E-state index in [1.165, 1.54) is 0 Å². The third-order valence-electron chi connectivity index (χ3n) is 7.33. The summed E-state index contributed by atoms with van der Waals surface area (Å²) in [4.78, 5) is 13.1. The van der Waals surface area contributed by atoms with Gasteiger partial charge in [-0.2, -0.15) is 0 Å². The highest BCUT2D eigenvalue weighted by Crippen LogP contribution is 2.63. The molecule has 0 aliphatic heterocycles. The highest BCUT2D eigenvalue weighted by atomic mass is 16.7. The van der Waals surface area contributed by atoms with Gasteiger partial charge in [0.2, 0.25) is 0 Å². The number of hydrogen-bond donors (Lipinski definition) is 0. The lowest BCUT2D eigenvalue weighted by molar-refractivity contribution is -0.321. The van der Waals surface area contributed by atoms with E-state index in [0.29, 0.717) is 19.1 Å². The summed E-state index contributed by atoms with van der Waals surface area (Å²) in [6.45, 7) is 13.1. The Balaban J connectivity index is 1.89. The SMILES string of the molecule is CCOC(C)OC12CC3CC(OC(=O)C(C)(C)CC)(CC(OC(C)COC)(C3)C1)C2. The quantitative estimate of drug-likeness (QED) is 0.355. The van der Waals surface area contributed by atoms with Gasteiger partial charge in [-0.25, -0.2) is 0 Å². The second-order valence-corrected chi connectivity index (χ2v) is 10.7. The first-order valence-electron chi connectivity index (χ1n) is 11.7. The van der Waals surface area contributed by atoms with Gasteiger partial charge in [0, 0.05) is 33.0 Å². The van der Waals surface area contributed by atoms with Crippen molar-refractivity contribution in [2.45, 2.75) is 116 Å². The van der Waals surface area contributed by atoms with Crippen LogP contribution < -0.4 is 0 Å². The van der Waals surface area contributed by atoms with Crippen LogP contribution in [0.1, 0.15) is 86.5 Å². The topological polar surface area (TPSA) is 63.2 Å². The second kappa shape index (κ2) is 8.68. The number of esters is 1. The first-order valence-corrected chi connectivity index (χ1v) is 11.7. The van der Waals surface area contributed by atoms with Crippen molar-refractivity contribution < 1.29 is 28.5 Å². The number of hydrogen-bond acceptors (Lipinski definition) is 6. The van der Waals surface area contributed by atoms with E-state index in [4.69, 9.17) is 23.7 Å². The molecule has 6 atom stereocenters. The van der Waals surface area contributed by atoms with Crippen LogP contribution in [0, 0.1) is 11.3 Å². The van der Waals surface area contributed by atoms with E-state index >= 15 is 0 Å². The lowest BCUT2D eigenvalue weighted by Crippen LogP contribution is -2.69. The molecule has 4 aliphatic carbocycles. The third-order valence-corrected chi connectivity index (χ3v) is 7.33. The lowest BCUT2D eigenvalue weighted by atomic mass is 9.50. The molecular weight excluding hydrogens is 384 g/mol. The van der Waals surface area contributed by atoms with Crippen molar-refractivity contribution in [1.82, 2.24) is 0 Å². The van der Waals surface area contributed by atoms with Crippen molar-refractivity contribution in [3.8, 4) is 0 Å². The minimum atomic E-state index is -0.526. The molecule has 4 fully saturated rings. The van der Waals surface area contributed by atoms with Crippen molar-refractivity contribution in [2.24, 2.45) is 11.3 Å². The summed E-state index contributed by atoms with van der Waals surface area (Å²) in [6.07, 6.45) is 5.59. The summed E-state index contributed by atoms with van der Waals surface area (Å²) in [7, 11) is 1.70. The van der Waals surface area contributed by atoms with Crippen molar-refractivity contribution in [1.29, 1.82) is 0 Å². The smallest absolute Gasteiger partial charge is 0.312 e. The van der Waals surface area contributed by atoms with Crippen LogP contribution in [0.4, 0.5) is 0 Å². The zero-order valence-corrected chi connectivity index (χ0v) is 20.0. The number of carbonyl (C=O) groups excluding carboxylic acids is 1. The molecule has 0 aromatic heterocycles. The zero-order chi connectivity index (χ0) is 22.2. The van der Waals surface area contributed by atoms with Crippen LogP contribution in [0.2, 0.25) is 0 Å². The van der Waals surface area contributed by atoms with Crippen molar-refractivity contribution >= 4 is 5.97 Å². The Kier molecular flexibility index (Phi) is 6.94. The van der Waals surface area contributed by atoms with Crippen molar-refractivity contribution in [3.05, 3.63) is 0 Å². The summed E-state index contributed by atoms with van der Waals surface area (Å²) in [6, 6.07) is 0. The third kappa shape index (κ3) is 4.87. The maximum absolute atomic E-state index is 13.1. The van der Waals surface area contributed by atoms with E-state index in [1.54, 1.807) is 7.11 Å². The molecule has 0 saturated heterocycles. The van der Waals surface area contributed by atoms with Gasteiger partial charge < -0.3 is 23.7 Å². The zero-order valence-electron chi connectivity index (χ0n) is 20.0. The molecule has 6 nitrogen and oxygen atoms in total. The van der Waals surface area contributed by atoms with Gasteiger partial charge in [-0.15, -0.1) is 0 Å². The van der Waals surface area contributed by atoms with Gasteiger partial charge in [0.25, 0.3) is 0 Å². The first kappa shape index (κ1) is 24.0. The maximum Gasteiger partial charge on any atom is 0.312 e. The lowest BCUT2D eigenvalue weighted by Gasteiger charge is -2.65. The molecule has 4 rings (SSSR count). The average molecular weight is 427 g/mol. The molecule has 0 spiro atoms. The van der Waals surface area contributed by atoms with E-state index in [9.17, 15) is 4.79 Å². The predicted octanol–water partition coefficient (Wildman–Crippen LogP) is 4.63. The van der Waals surface area contributed by atoms with E-state index in [-0.39, 0.29) is 29.6 Å². The van der Waals surface area contributed by atoms with Gasteiger partial charge in [-0.05, 0) is 66.2 Å². The molecule has 0 amide bonds. The fraction of sp³-hybridized carbons (Fsp3) is 0.958. The van der Waals surface area contributed by atoms with Crippen LogP contribution in [0.5, 0.6) is 0 Å². The van der Waals surface area contributed by atoms with E-state index in [2.05, 4.69) is 6.92 Å². The maximum atomic E-state index is 13.1. The fourth-order valence-corrected chi connectivity index (χ4v) is 6.35. The Hall–Kier alpha value is -0.690. The molecule has 4 bridgehead atoms. The molecule has 6 heteroatoms. The summed E-state index contributed by atoms with van der Waals surface area (Å²) < 4.78 is 30.6. The summed E-state index contributed by atoms with van der Waals surface area (Å²) in [5, 5.41) is 0. The first-order chi connectivity index (χ1) is 14.0. The number of ether oxygens (including phenoxy) is 5. The Labute approximate surface area is 182 Å². The molecule has 0 aromatic carbocycles. The molecule has 6 unspecified atom stereocenters. The summed E-state index contributed by atoms with van der Waals surface area (Å²) >= 11 is 0. The molecule has 0 radical (unpaired) electrons. The monoisotopic (exact) mass is 426 g/mol. The van der Waals surface area contributed by atoms with E-state index in [1.807, 2.05) is 34.6 Å². The Morgan fingerprint density at radius 3 is 2.13 bits per heavy atom. The number of methoxy groups -OCH3 is 1. The van der Waals surface area contributed by atoms with Gasteiger partial charge in [0.1, 0.15) is 5.60 Å². The minimum Gasteiger partial charge on any atom is -0.458 e. The Morgan fingerprint density at radius 2 is 1.57 bits per heavy atom. The average Bonchev–Trinajstić information content (AvgIpc) is 2.59. The molecule has 0 aromatic rings. The van der Waals surface area contributed by atoms with Crippen LogP contribution in [0.15, 0.2) is 0 Å². The largest absolute Gasteiger partial charge is 0.458 e. The van der Waals surface area contributed by atoms with E-state index < -0.39 is 11.0 Å². The van der Waals surface area contributed by atoms with Gasteiger partial charge in [-0.3, -0.25) is 4.79 Å². The Morgan fingerprint density at radius 1 is 1.00 bits per heavy atom. The van der Waals surface area contributed by atoms with Crippen LogP contribution in [-0.4, -0.2) is 55.5 Å². The predicted molar refractivity (Wildman–Crippen MR) is 114 cm³/mol. The van der Waals surface area contributed by atoms with E-state index in [0.717, 1.165) is 44.9 Å².